The van der Waals surface area contributed by atoms with Crippen LogP contribution < -0.4 is 5.32 Å². The third-order valence-corrected chi connectivity index (χ3v) is 2.18. The smallest absolute Gasteiger partial charge is 0.0991 e. The van der Waals surface area contributed by atoms with Crippen LogP contribution in [0.2, 0.25) is 0 Å². The fourth-order valence-electron chi connectivity index (χ4n) is 1.53. The van der Waals surface area contributed by atoms with Gasteiger partial charge in [0.2, 0.25) is 0 Å². The summed E-state index contributed by atoms with van der Waals surface area (Å²) >= 11 is 0. The van der Waals surface area contributed by atoms with Crippen LogP contribution in [0.3, 0.4) is 0 Å². The van der Waals surface area contributed by atoms with Crippen molar-refractivity contribution in [2.75, 3.05) is 11.9 Å². The van der Waals surface area contributed by atoms with Gasteiger partial charge in [0.05, 0.1) is 17.3 Å². The molecule has 1 aromatic carbocycles. The van der Waals surface area contributed by atoms with Crippen molar-refractivity contribution in [2.24, 2.45) is 0 Å². The lowest BCUT2D eigenvalue weighted by Gasteiger charge is -1.99. The predicted molar refractivity (Wildman–Crippen MR) is 57.2 cm³/mol. The molecule has 3 nitrogen and oxygen atoms in total. The van der Waals surface area contributed by atoms with Crippen molar-refractivity contribution in [1.29, 1.82) is 5.26 Å². The Morgan fingerprint density at radius 1 is 1.50 bits per heavy atom. The van der Waals surface area contributed by atoms with E-state index in [1.807, 2.05) is 31.3 Å². The summed E-state index contributed by atoms with van der Waals surface area (Å²) in [7, 11) is 0. The highest BCUT2D eigenvalue weighted by atomic mass is 14.9. The number of rotatable bonds is 2. The molecular weight excluding hydrogens is 174 g/mol. The van der Waals surface area contributed by atoms with Crippen LogP contribution in [0.5, 0.6) is 0 Å². The van der Waals surface area contributed by atoms with Crippen LogP contribution in [0.4, 0.5) is 5.69 Å². The number of H-pyrrole nitrogens is 1. The van der Waals surface area contributed by atoms with Crippen LogP contribution in [-0.4, -0.2) is 11.5 Å². The standard InChI is InChI=1S/C11H11N3/c1-2-13-11-7-14-10-4-3-8(6-12)5-9(10)11/h3-5,7,13-14H,2H2,1H3. The highest BCUT2D eigenvalue weighted by molar-refractivity contribution is 5.93. The van der Waals surface area contributed by atoms with Crippen molar-refractivity contribution in [3.05, 3.63) is 30.0 Å². The van der Waals surface area contributed by atoms with E-state index in [0.29, 0.717) is 5.56 Å². The monoisotopic (exact) mass is 185 g/mol. The molecule has 3 heteroatoms. The second-order valence-electron chi connectivity index (χ2n) is 3.10. The summed E-state index contributed by atoms with van der Waals surface area (Å²) in [5, 5.41) is 13.1. The van der Waals surface area contributed by atoms with Gasteiger partial charge in [0.25, 0.3) is 0 Å². The summed E-state index contributed by atoms with van der Waals surface area (Å²) in [5.74, 6) is 0. The van der Waals surface area contributed by atoms with E-state index in [-0.39, 0.29) is 0 Å². The van der Waals surface area contributed by atoms with Crippen LogP contribution in [-0.2, 0) is 0 Å². The Morgan fingerprint density at radius 3 is 3.07 bits per heavy atom. The number of benzene rings is 1. The molecule has 0 amide bonds. The highest BCUT2D eigenvalue weighted by Gasteiger charge is 2.02. The van der Waals surface area contributed by atoms with Crippen LogP contribution in [0.15, 0.2) is 24.4 Å². The summed E-state index contributed by atoms with van der Waals surface area (Å²) in [6, 6.07) is 7.77. The molecular formula is C11H11N3. The molecule has 0 aliphatic heterocycles. The minimum absolute atomic E-state index is 0.691. The molecule has 0 atom stereocenters. The van der Waals surface area contributed by atoms with Gasteiger partial charge in [-0.1, -0.05) is 0 Å². The molecule has 70 valence electrons. The molecule has 1 aromatic heterocycles. The molecule has 0 fully saturated rings. The van der Waals surface area contributed by atoms with Gasteiger partial charge in [-0.15, -0.1) is 0 Å². The largest absolute Gasteiger partial charge is 0.384 e. The van der Waals surface area contributed by atoms with Gasteiger partial charge in [-0.25, -0.2) is 0 Å². The minimum Gasteiger partial charge on any atom is -0.384 e. The number of aromatic amines is 1. The van der Waals surface area contributed by atoms with E-state index < -0.39 is 0 Å². The number of aromatic nitrogens is 1. The number of fused-ring (bicyclic) bond motifs is 1. The molecule has 0 spiro atoms. The molecule has 0 unspecified atom stereocenters. The second-order valence-corrected chi connectivity index (χ2v) is 3.10. The molecule has 1 heterocycles. The van der Waals surface area contributed by atoms with E-state index in [9.17, 15) is 0 Å². The zero-order chi connectivity index (χ0) is 9.97. The van der Waals surface area contributed by atoms with Crippen LogP contribution in [0.1, 0.15) is 12.5 Å². The van der Waals surface area contributed by atoms with Crippen LogP contribution in [0.25, 0.3) is 10.9 Å². The van der Waals surface area contributed by atoms with Crippen molar-refractivity contribution >= 4 is 16.6 Å². The topological polar surface area (TPSA) is 51.6 Å². The normalized spacial score (nSPS) is 10.0. The third kappa shape index (κ3) is 1.31. The number of nitrogens with zero attached hydrogens (tertiary/aromatic N) is 1. The van der Waals surface area contributed by atoms with Gasteiger partial charge in [0.1, 0.15) is 0 Å². The summed E-state index contributed by atoms with van der Waals surface area (Å²) in [6.45, 7) is 2.93. The number of anilines is 1. The first-order valence-electron chi connectivity index (χ1n) is 4.60. The predicted octanol–water partition coefficient (Wildman–Crippen LogP) is 2.47. The lowest BCUT2D eigenvalue weighted by molar-refractivity contribution is 1.22. The number of hydrogen-bond acceptors (Lipinski definition) is 2. The SMILES string of the molecule is CCNc1c[nH]c2ccc(C#N)cc12. The summed E-state index contributed by atoms with van der Waals surface area (Å²) in [4.78, 5) is 3.15. The molecule has 0 aliphatic carbocycles. The maximum Gasteiger partial charge on any atom is 0.0991 e. The van der Waals surface area contributed by atoms with Crippen LogP contribution in [0, 0.1) is 11.3 Å². The first-order chi connectivity index (χ1) is 6.85. The van der Waals surface area contributed by atoms with E-state index in [1.54, 1.807) is 0 Å². The van der Waals surface area contributed by atoms with Gasteiger partial charge in [-0.2, -0.15) is 5.26 Å². The molecule has 2 rings (SSSR count). The molecule has 0 saturated carbocycles. The Labute approximate surface area is 82.4 Å². The summed E-state index contributed by atoms with van der Waals surface area (Å²) in [5.41, 5.74) is 2.80. The maximum absolute atomic E-state index is 8.77. The van der Waals surface area contributed by atoms with Gasteiger partial charge >= 0.3 is 0 Å². The zero-order valence-electron chi connectivity index (χ0n) is 7.96. The van der Waals surface area contributed by atoms with Gasteiger partial charge < -0.3 is 10.3 Å². The Hall–Kier alpha value is -1.95. The van der Waals surface area contributed by atoms with Gasteiger partial charge in [0.15, 0.2) is 0 Å². The van der Waals surface area contributed by atoms with Crippen molar-refractivity contribution in [3.8, 4) is 6.07 Å². The zero-order valence-corrected chi connectivity index (χ0v) is 7.96. The number of nitriles is 1. The van der Waals surface area contributed by atoms with E-state index in [1.165, 1.54) is 0 Å². The van der Waals surface area contributed by atoms with E-state index in [4.69, 9.17) is 5.26 Å². The van der Waals surface area contributed by atoms with E-state index >= 15 is 0 Å². The van der Waals surface area contributed by atoms with Crippen molar-refractivity contribution in [2.45, 2.75) is 6.92 Å². The summed E-state index contributed by atoms with van der Waals surface area (Å²) < 4.78 is 0. The Balaban J connectivity index is 2.59. The minimum atomic E-state index is 0.691. The molecule has 2 N–H and O–H groups in total. The lowest BCUT2D eigenvalue weighted by atomic mass is 10.1. The molecule has 14 heavy (non-hydrogen) atoms. The fraction of sp³-hybridized carbons (Fsp3) is 0.182. The van der Waals surface area contributed by atoms with Crippen LogP contribution >= 0.6 is 0 Å². The van der Waals surface area contributed by atoms with Gasteiger partial charge in [-0.3, -0.25) is 0 Å². The number of nitrogens with one attached hydrogen (secondary N) is 2. The molecule has 0 aliphatic rings. The average molecular weight is 185 g/mol. The second kappa shape index (κ2) is 3.43. The number of hydrogen-bond donors (Lipinski definition) is 2. The van der Waals surface area contributed by atoms with E-state index in [0.717, 1.165) is 23.1 Å². The van der Waals surface area contributed by atoms with Gasteiger partial charge in [0, 0.05) is 23.6 Å². The van der Waals surface area contributed by atoms with Crippen molar-refractivity contribution in [1.82, 2.24) is 4.98 Å². The first kappa shape index (κ1) is 8.64. The molecule has 0 saturated heterocycles. The Morgan fingerprint density at radius 2 is 2.36 bits per heavy atom. The van der Waals surface area contributed by atoms with Gasteiger partial charge in [-0.05, 0) is 25.1 Å². The molecule has 0 bridgehead atoms. The maximum atomic E-state index is 8.77. The third-order valence-electron chi connectivity index (χ3n) is 2.18. The summed E-state index contributed by atoms with van der Waals surface area (Å²) in [6.07, 6.45) is 1.93. The lowest BCUT2D eigenvalue weighted by Crippen LogP contribution is -1.94. The molecule has 2 aromatic rings. The highest BCUT2D eigenvalue weighted by Crippen LogP contribution is 2.23. The fourth-order valence-corrected chi connectivity index (χ4v) is 1.53. The molecule has 0 radical (unpaired) electrons. The first-order valence-corrected chi connectivity index (χ1v) is 4.60. The Kier molecular flexibility index (Phi) is 2.11. The van der Waals surface area contributed by atoms with Crippen molar-refractivity contribution in [3.63, 3.8) is 0 Å². The van der Waals surface area contributed by atoms with E-state index in [2.05, 4.69) is 16.4 Å². The Bertz CT molecular complexity index is 491. The average Bonchev–Trinajstić information content (AvgIpc) is 2.61. The van der Waals surface area contributed by atoms with Crippen molar-refractivity contribution < 1.29 is 0 Å². The quantitative estimate of drug-likeness (QED) is 0.755.